The standard InChI is InChI=1S/C18H27N5O2/c24-18(20-11-15-12-23-10-4-5-14(23)13-25-15)21-16-6-3-7-19-17(16)22-8-1-2-9-22/h3,6-7,14-15H,1-2,4-5,8-13H2,(H2,20,21,24)/t14-,15-/m1/s1. The predicted octanol–water partition coefficient (Wildman–Crippen LogP) is 1.67. The van der Waals surface area contributed by atoms with E-state index in [0.29, 0.717) is 12.6 Å². The third-order valence-corrected chi connectivity index (χ3v) is 5.39. The maximum atomic E-state index is 12.3. The highest BCUT2D eigenvalue weighted by Crippen LogP contribution is 2.26. The number of anilines is 2. The van der Waals surface area contributed by atoms with Crippen LogP contribution in [0.15, 0.2) is 18.3 Å². The van der Waals surface area contributed by atoms with Gasteiger partial charge in [-0.05, 0) is 44.4 Å². The van der Waals surface area contributed by atoms with E-state index in [9.17, 15) is 4.79 Å². The van der Waals surface area contributed by atoms with E-state index < -0.39 is 0 Å². The molecule has 0 bridgehead atoms. The molecule has 3 saturated heterocycles. The first-order valence-corrected chi connectivity index (χ1v) is 9.40. The number of hydrogen-bond donors (Lipinski definition) is 2. The predicted molar refractivity (Wildman–Crippen MR) is 97.0 cm³/mol. The summed E-state index contributed by atoms with van der Waals surface area (Å²) in [6, 6.07) is 4.16. The van der Waals surface area contributed by atoms with E-state index in [2.05, 4.69) is 25.4 Å². The summed E-state index contributed by atoms with van der Waals surface area (Å²) in [6.07, 6.45) is 6.71. The summed E-state index contributed by atoms with van der Waals surface area (Å²) in [7, 11) is 0. The summed E-state index contributed by atoms with van der Waals surface area (Å²) >= 11 is 0. The lowest BCUT2D eigenvalue weighted by atomic mass is 10.2. The normalized spacial score (nSPS) is 26.5. The molecule has 136 valence electrons. The Labute approximate surface area is 148 Å². The van der Waals surface area contributed by atoms with Gasteiger partial charge in [0.15, 0.2) is 5.82 Å². The molecule has 3 aliphatic heterocycles. The van der Waals surface area contributed by atoms with Gasteiger partial charge in [-0.15, -0.1) is 0 Å². The Bertz CT molecular complexity index is 605. The van der Waals surface area contributed by atoms with Gasteiger partial charge in [0, 0.05) is 38.4 Å². The smallest absolute Gasteiger partial charge is 0.319 e. The van der Waals surface area contributed by atoms with Crippen LogP contribution in [-0.2, 0) is 4.74 Å². The van der Waals surface area contributed by atoms with Gasteiger partial charge in [-0.2, -0.15) is 0 Å². The van der Waals surface area contributed by atoms with Gasteiger partial charge in [0.1, 0.15) is 0 Å². The molecule has 1 aromatic rings. The maximum absolute atomic E-state index is 12.3. The number of hydrogen-bond acceptors (Lipinski definition) is 5. The van der Waals surface area contributed by atoms with E-state index in [-0.39, 0.29) is 12.1 Å². The van der Waals surface area contributed by atoms with Crippen molar-refractivity contribution < 1.29 is 9.53 Å². The number of aromatic nitrogens is 1. The fraction of sp³-hybridized carbons (Fsp3) is 0.667. The molecule has 3 fully saturated rings. The average Bonchev–Trinajstić information content (AvgIpc) is 3.31. The van der Waals surface area contributed by atoms with Crippen LogP contribution in [0.5, 0.6) is 0 Å². The molecule has 7 nitrogen and oxygen atoms in total. The molecular formula is C18H27N5O2. The Kier molecular flexibility index (Phi) is 5.03. The molecule has 0 radical (unpaired) electrons. The van der Waals surface area contributed by atoms with E-state index >= 15 is 0 Å². The zero-order valence-corrected chi connectivity index (χ0v) is 14.6. The van der Waals surface area contributed by atoms with Crippen molar-refractivity contribution in [3.63, 3.8) is 0 Å². The van der Waals surface area contributed by atoms with E-state index in [4.69, 9.17) is 4.74 Å². The van der Waals surface area contributed by atoms with Crippen LogP contribution in [-0.4, -0.2) is 67.4 Å². The monoisotopic (exact) mass is 345 g/mol. The zero-order chi connectivity index (χ0) is 17.1. The van der Waals surface area contributed by atoms with Gasteiger partial charge >= 0.3 is 6.03 Å². The summed E-state index contributed by atoms with van der Waals surface area (Å²) in [5, 5.41) is 5.90. The fourth-order valence-corrected chi connectivity index (χ4v) is 4.06. The van der Waals surface area contributed by atoms with Crippen LogP contribution in [0, 0.1) is 0 Å². The number of nitrogens with one attached hydrogen (secondary N) is 2. The van der Waals surface area contributed by atoms with Crippen molar-refractivity contribution in [3.05, 3.63) is 18.3 Å². The summed E-state index contributed by atoms with van der Waals surface area (Å²) < 4.78 is 5.89. The molecule has 0 spiro atoms. The Hall–Kier alpha value is -1.86. The largest absolute Gasteiger partial charge is 0.373 e. The zero-order valence-electron chi connectivity index (χ0n) is 14.6. The van der Waals surface area contributed by atoms with Gasteiger partial charge < -0.3 is 20.3 Å². The SMILES string of the molecule is O=C(NC[C@@H]1CN2CCC[C@@H]2CO1)Nc1cccnc1N1CCCC1. The number of amides is 2. The molecular weight excluding hydrogens is 318 g/mol. The van der Waals surface area contributed by atoms with Crippen LogP contribution >= 0.6 is 0 Å². The molecule has 0 aromatic carbocycles. The number of ether oxygens (including phenoxy) is 1. The molecule has 0 aliphatic carbocycles. The minimum atomic E-state index is -0.194. The maximum Gasteiger partial charge on any atom is 0.319 e. The van der Waals surface area contributed by atoms with E-state index in [1.807, 2.05) is 12.1 Å². The molecule has 0 unspecified atom stereocenters. The van der Waals surface area contributed by atoms with Crippen molar-refractivity contribution in [2.45, 2.75) is 37.8 Å². The van der Waals surface area contributed by atoms with Crippen LogP contribution in [0.1, 0.15) is 25.7 Å². The van der Waals surface area contributed by atoms with Crippen LogP contribution in [0.4, 0.5) is 16.3 Å². The number of pyridine rings is 1. The van der Waals surface area contributed by atoms with Crippen molar-refractivity contribution in [2.75, 3.05) is 49.5 Å². The molecule has 25 heavy (non-hydrogen) atoms. The third kappa shape index (κ3) is 3.88. The van der Waals surface area contributed by atoms with Gasteiger partial charge in [0.2, 0.25) is 0 Å². The summed E-state index contributed by atoms with van der Waals surface area (Å²) in [5.41, 5.74) is 0.770. The second kappa shape index (κ2) is 7.58. The topological polar surface area (TPSA) is 69.7 Å². The highest BCUT2D eigenvalue weighted by atomic mass is 16.5. The second-order valence-corrected chi connectivity index (χ2v) is 7.15. The quantitative estimate of drug-likeness (QED) is 0.869. The minimum Gasteiger partial charge on any atom is -0.373 e. The fourth-order valence-electron chi connectivity index (χ4n) is 4.06. The Morgan fingerprint density at radius 1 is 1.28 bits per heavy atom. The number of carbonyl (C=O) groups is 1. The molecule has 2 amide bonds. The van der Waals surface area contributed by atoms with Crippen LogP contribution in [0.3, 0.4) is 0 Å². The summed E-state index contributed by atoms with van der Waals surface area (Å²) in [6.45, 7) is 5.40. The number of carbonyl (C=O) groups excluding carboxylic acids is 1. The lowest BCUT2D eigenvalue weighted by Gasteiger charge is -2.35. The first-order valence-electron chi connectivity index (χ1n) is 9.40. The first-order chi connectivity index (χ1) is 12.3. The van der Waals surface area contributed by atoms with Gasteiger partial charge in [-0.3, -0.25) is 4.90 Å². The molecule has 2 N–H and O–H groups in total. The van der Waals surface area contributed by atoms with Gasteiger partial charge in [0.05, 0.1) is 18.4 Å². The summed E-state index contributed by atoms with van der Waals surface area (Å²) in [5.74, 6) is 0.865. The molecule has 3 aliphatic rings. The number of morpholine rings is 1. The number of fused-ring (bicyclic) bond motifs is 1. The molecule has 1 aromatic heterocycles. The van der Waals surface area contributed by atoms with Crippen molar-refractivity contribution in [3.8, 4) is 0 Å². The first kappa shape index (κ1) is 16.6. The summed E-state index contributed by atoms with van der Waals surface area (Å²) in [4.78, 5) is 21.5. The number of urea groups is 1. The van der Waals surface area contributed by atoms with Gasteiger partial charge in [0.25, 0.3) is 0 Å². The lowest BCUT2D eigenvalue weighted by molar-refractivity contribution is -0.0456. The van der Waals surface area contributed by atoms with E-state index in [1.54, 1.807) is 6.20 Å². The van der Waals surface area contributed by atoms with Crippen LogP contribution < -0.4 is 15.5 Å². The number of nitrogens with zero attached hydrogens (tertiary/aromatic N) is 3. The van der Waals surface area contributed by atoms with Crippen LogP contribution in [0.25, 0.3) is 0 Å². The molecule has 7 heteroatoms. The molecule has 2 atom stereocenters. The van der Waals surface area contributed by atoms with Crippen molar-refractivity contribution in [2.24, 2.45) is 0 Å². The molecule has 4 rings (SSSR count). The average molecular weight is 345 g/mol. The molecule has 0 saturated carbocycles. The highest BCUT2D eigenvalue weighted by molar-refractivity contribution is 5.92. The Morgan fingerprint density at radius 2 is 2.16 bits per heavy atom. The Morgan fingerprint density at radius 3 is 3.04 bits per heavy atom. The molecule has 4 heterocycles. The van der Waals surface area contributed by atoms with Crippen molar-refractivity contribution in [1.29, 1.82) is 0 Å². The van der Waals surface area contributed by atoms with E-state index in [1.165, 1.54) is 25.7 Å². The Balaban J connectivity index is 1.29. The highest BCUT2D eigenvalue weighted by Gasteiger charge is 2.32. The van der Waals surface area contributed by atoms with Crippen molar-refractivity contribution in [1.82, 2.24) is 15.2 Å². The second-order valence-electron chi connectivity index (χ2n) is 7.15. The van der Waals surface area contributed by atoms with Crippen molar-refractivity contribution >= 4 is 17.5 Å². The third-order valence-electron chi connectivity index (χ3n) is 5.39. The van der Waals surface area contributed by atoms with E-state index in [0.717, 1.165) is 44.3 Å². The lowest BCUT2D eigenvalue weighted by Crippen LogP contribution is -2.50. The van der Waals surface area contributed by atoms with Gasteiger partial charge in [-0.25, -0.2) is 9.78 Å². The minimum absolute atomic E-state index is 0.0760. The van der Waals surface area contributed by atoms with Crippen LogP contribution in [0.2, 0.25) is 0 Å². The van der Waals surface area contributed by atoms with Gasteiger partial charge in [-0.1, -0.05) is 0 Å². The number of rotatable bonds is 4.